The van der Waals surface area contributed by atoms with E-state index >= 15 is 0 Å². The topological polar surface area (TPSA) is 78.5 Å². The van der Waals surface area contributed by atoms with Crippen LogP contribution < -0.4 is 0 Å². The zero-order valence-electron chi connectivity index (χ0n) is 12.0. The van der Waals surface area contributed by atoms with E-state index in [4.69, 9.17) is 4.74 Å². The zero-order valence-corrected chi connectivity index (χ0v) is 12.8. The molecule has 1 aromatic heterocycles. The first-order valence-corrected chi connectivity index (χ1v) is 8.21. The number of sulfonamides is 1. The summed E-state index contributed by atoms with van der Waals surface area (Å²) >= 11 is 0. The summed E-state index contributed by atoms with van der Waals surface area (Å²) in [4.78, 5) is 9.01. The van der Waals surface area contributed by atoms with Crippen molar-refractivity contribution < 1.29 is 13.2 Å². The largest absolute Gasteiger partial charge is 0.383 e. The minimum absolute atomic E-state index is 0.181. The molecule has 0 unspecified atom stereocenters. The number of aromatic nitrogens is 2. The molecule has 1 fully saturated rings. The fourth-order valence-electron chi connectivity index (χ4n) is 2.30. The average molecular weight is 302 g/mol. The second-order valence-corrected chi connectivity index (χ2v) is 6.83. The van der Waals surface area contributed by atoms with E-state index in [0.717, 1.165) is 26.1 Å². The first kappa shape index (κ1) is 15.4. The van der Waals surface area contributed by atoms with Gasteiger partial charge in [0.2, 0.25) is 0 Å². The van der Waals surface area contributed by atoms with Crippen LogP contribution in [0.15, 0.2) is 11.2 Å². The molecule has 0 atom stereocenters. The van der Waals surface area contributed by atoms with Gasteiger partial charge in [-0.2, -0.15) is 4.31 Å². The highest BCUT2D eigenvalue weighted by atomic mass is 32.2. The Balaban J connectivity index is 2.02. The van der Waals surface area contributed by atoms with Gasteiger partial charge in [-0.25, -0.2) is 13.4 Å². The number of methoxy groups -OCH3 is 1. The molecule has 0 spiro atoms. The Labute approximate surface area is 120 Å². The van der Waals surface area contributed by atoms with Gasteiger partial charge in [-0.15, -0.1) is 0 Å². The van der Waals surface area contributed by atoms with Crippen LogP contribution in [-0.4, -0.2) is 74.0 Å². The van der Waals surface area contributed by atoms with E-state index in [2.05, 4.69) is 14.9 Å². The molecule has 114 valence electrons. The van der Waals surface area contributed by atoms with Crippen molar-refractivity contribution >= 4 is 10.0 Å². The Bertz CT molecular complexity index is 529. The predicted molar refractivity (Wildman–Crippen MR) is 75.0 cm³/mol. The number of hydrogen-bond acceptors (Lipinski definition) is 5. The van der Waals surface area contributed by atoms with Gasteiger partial charge in [-0.3, -0.25) is 4.90 Å². The van der Waals surface area contributed by atoms with Crippen LogP contribution in [0.25, 0.3) is 0 Å². The molecule has 0 aliphatic carbocycles. The van der Waals surface area contributed by atoms with Crippen LogP contribution in [0.5, 0.6) is 0 Å². The van der Waals surface area contributed by atoms with Crippen molar-refractivity contribution in [1.82, 2.24) is 19.2 Å². The van der Waals surface area contributed by atoms with Crippen molar-refractivity contribution in [2.75, 3.05) is 46.4 Å². The summed E-state index contributed by atoms with van der Waals surface area (Å²) in [6.07, 6.45) is 2.22. The van der Waals surface area contributed by atoms with Crippen LogP contribution in [0, 0.1) is 6.92 Å². The van der Waals surface area contributed by atoms with Crippen molar-refractivity contribution in [1.29, 1.82) is 0 Å². The number of nitrogens with zero attached hydrogens (tertiary/aromatic N) is 3. The van der Waals surface area contributed by atoms with E-state index in [1.165, 1.54) is 10.5 Å². The molecular formula is C12H22N4O3S. The van der Waals surface area contributed by atoms with Crippen molar-refractivity contribution in [2.45, 2.75) is 18.4 Å². The van der Waals surface area contributed by atoms with Gasteiger partial charge in [0.1, 0.15) is 5.82 Å². The molecule has 1 aliphatic rings. The van der Waals surface area contributed by atoms with Crippen molar-refractivity contribution in [2.24, 2.45) is 0 Å². The van der Waals surface area contributed by atoms with Gasteiger partial charge < -0.3 is 9.72 Å². The number of rotatable bonds is 5. The summed E-state index contributed by atoms with van der Waals surface area (Å²) in [5.74, 6) is 0.611. The molecule has 0 aromatic carbocycles. The molecule has 0 amide bonds. The fraction of sp³-hybridized carbons (Fsp3) is 0.750. The van der Waals surface area contributed by atoms with E-state index in [0.29, 0.717) is 25.5 Å². The standard InChI is InChI=1S/C12H22N4O3S/c1-11-13-10-12(14-11)20(17,18)16-5-3-4-15(6-7-16)8-9-19-2/h10H,3-9H2,1-2H3,(H,13,14). The monoisotopic (exact) mass is 302 g/mol. The normalized spacial score (nSPS) is 19.1. The molecule has 1 N–H and O–H groups in total. The highest BCUT2D eigenvalue weighted by Crippen LogP contribution is 2.15. The average Bonchev–Trinajstić information content (AvgIpc) is 2.72. The van der Waals surface area contributed by atoms with Crippen LogP contribution in [0.4, 0.5) is 0 Å². The summed E-state index contributed by atoms with van der Waals surface area (Å²) in [5.41, 5.74) is 0. The first-order valence-electron chi connectivity index (χ1n) is 6.77. The Morgan fingerprint density at radius 1 is 1.35 bits per heavy atom. The molecule has 0 saturated carbocycles. The Morgan fingerprint density at radius 3 is 2.80 bits per heavy atom. The van der Waals surface area contributed by atoms with Crippen molar-refractivity contribution in [3.05, 3.63) is 12.0 Å². The van der Waals surface area contributed by atoms with Gasteiger partial charge in [0, 0.05) is 33.3 Å². The SMILES string of the molecule is COCCN1CCCN(S(=O)(=O)c2cnc(C)[nH]2)CC1. The van der Waals surface area contributed by atoms with E-state index in [1.807, 2.05) is 0 Å². The second kappa shape index (κ2) is 6.66. The third-order valence-corrected chi connectivity index (χ3v) is 5.26. The summed E-state index contributed by atoms with van der Waals surface area (Å²) in [6.45, 7) is 5.94. The number of aryl methyl sites for hydroxylation is 1. The molecule has 1 saturated heterocycles. The Kier molecular flexibility index (Phi) is 5.14. The lowest BCUT2D eigenvalue weighted by Crippen LogP contribution is -2.36. The minimum Gasteiger partial charge on any atom is -0.383 e. The van der Waals surface area contributed by atoms with E-state index in [-0.39, 0.29) is 5.03 Å². The molecule has 1 aromatic rings. The first-order chi connectivity index (χ1) is 9.54. The van der Waals surface area contributed by atoms with Gasteiger partial charge in [0.05, 0.1) is 12.8 Å². The summed E-state index contributed by atoms with van der Waals surface area (Å²) in [6, 6.07) is 0. The Hall–Kier alpha value is -0.960. The molecule has 8 heteroatoms. The van der Waals surface area contributed by atoms with Gasteiger partial charge in [-0.05, 0) is 19.9 Å². The van der Waals surface area contributed by atoms with Crippen molar-refractivity contribution in [3.8, 4) is 0 Å². The molecule has 7 nitrogen and oxygen atoms in total. The molecular weight excluding hydrogens is 280 g/mol. The number of ether oxygens (including phenoxy) is 1. The smallest absolute Gasteiger partial charge is 0.260 e. The van der Waals surface area contributed by atoms with Crippen LogP contribution >= 0.6 is 0 Å². The predicted octanol–water partition coefficient (Wildman–Crippen LogP) is 0.0609. The van der Waals surface area contributed by atoms with Gasteiger partial charge in [0.25, 0.3) is 10.0 Å². The van der Waals surface area contributed by atoms with Crippen LogP contribution in [-0.2, 0) is 14.8 Å². The number of imidazole rings is 1. The lowest BCUT2D eigenvalue weighted by Gasteiger charge is -2.20. The molecule has 20 heavy (non-hydrogen) atoms. The molecule has 1 aliphatic heterocycles. The lowest BCUT2D eigenvalue weighted by atomic mass is 10.4. The quantitative estimate of drug-likeness (QED) is 0.832. The molecule has 0 bridgehead atoms. The van der Waals surface area contributed by atoms with Crippen LogP contribution in [0.1, 0.15) is 12.2 Å². The van der Waals surface area contributed by atoms with E-state index in [9.17, 15) is 8.42 Å². The van der Waals surface area contributed by atoms with Gasteiger partial charge >= 0.3 is 0 Å². The fourth-order valence-corrected chi connectivity index (χ4v) is 3.73. The highest BCUT2D eigenvalue weighted by Gasteiger charge is 2.28. The molecule has 2 heterocycles. The second-order valence-electron chi connectivity index (χ2n) is 4.92. The van der Waals surface area contributed by atoms with Crippen molar-refractivity contribution in [3.63, 3.8) is 0 Å². The minimum atomic E-state index is -3.45. The number of nitrogens with one attached hydrogen (secondary N) is 1. The van der Waals surface area contributed by atoms with E-state index in [1.54, 1.807) is 14.0 Å². The lowest BCUT2D eigenvalue weighted by molar-refractivity contribution is 0.151. The third kappa shape index (κ3) is 3.57. The summed E-state index contributed by atoms with van der Waals surface area (Å²) in [5, 5.41) is 0.181. The summed E-state index contributed by atoms with van der Waals surface area (Å²) < 4.78 is 31.6. The molecule has 2 rings (SSSR count). The number of H-pyrrole nitrogens is 1. The van der Waals surface area contributed by atoms with Gasteiger partial charge in [-0.1, -0.05) is 0 Å². The van der Waals surface area contributed by atoms with Gasteiger partial charge in [0.15, 0.2) is 5.03 Å². The Morgan fingerprint density at radius 2 is 2.15 bits per heavy atom. The highest BCUT2D eigenvalue weighted by molar-refractivity contribution is 7.89. The third-order valence-electron chi connectivity index (χ3n) is 3.46. The summed E-state index contributed by atoms with van der Waals surface area (Å²) in [7, 11) is -1.78. The number of hydrogen-bond donors (Lipinski definition) is 1. The molecule has 0 radical (unpaired) electrons. The maximum atomic E-state index is 12.5. The van der Waals surface area contributed by atoms with E-state index < -0.39 is 10.0 Å². The number of aromatic amines is 1. The van der Waals surface area contributed by atoms with Crippen LogP contribution in [0.2, 0.25) is 0 Å². The maximum Gasteiger partial charge on any atom is 0.260 e. The zero-order chi connectivity index (χ0) is 14.6. The maximum absolute atomic E-state index is 12.5. The van der Waals surface area contributed by atoms with Crippen LogP contribution in [0.3, 0.4) is 0 Å².